The van der Waals surface area contributed by atoms with Gasteiger partial charge in [-0.3, -0.25) is 5.32 Å². The number of hydrogen-bond donors (Lipinski definition) is 1. The zero-order chi connectivity index (χ0) is 24.3. The van der Waals surface area contributed by atoms with Crippen LogP contribution >= 0.6 is 0 Å². The molecule has 0 aromatic heterocycles. The summed E-state index contributed by atoms with van der Waals surface area (Å²) in [6, 6.07) is 30.9. The Hall–Kier alpha value is -3.15. The number of benzene rings is 3. The lowest BCUT2D eigenvalue weighted by Gasteiger charge is -2.43. The smallest absolute Gasteiger partial charge is 0.411 e. The van der Waals surface area contributed by atoms with Crippen LogP contribution in [0.3, 0.4) is 0 Å². The van der Waals surface area contributed by atoms with E-state index in [9.17, 15) is 4.79 Å². The molecule has 0 radical (unpaired) electrons. The summed E-state index contributed by atoms with van der Waals surface area (Å²) in [5.41, 5.74) is 0.960. The Morgan fingerprint density at radius 3 is 1.91 bits per heavy atom. The minimum Gasteiger partial charge on any atom is -0.444 e. The van der Waals surface area contributed by atoms with E-state index in [4.69, 9.17) is 9.16 Å². The van der Waals surface area contributed by atoms with Gasteiger partial charge in [0, 0.05) is 12.8 Å². The van der Waals surface area contributed by atoms with E-state index in [1.807, 2.05) is 36.4 Å². The Balaban J connectivity index is 1.55. The van der Waals surface area contributed by atoms with Gasteiger partial charge in [-0.1, -0.05) is 118 Å². The Labute approximate surface area is 204 Å². The Morgan fingerprint density at radius 1 is 0.853 bits per heavy atom. The van der Waals surface area contributed by atoms with Gasteiger partial charge in [-0.15, -0.1) is 0 Å². The minimum atomic E-state index is -2.49. The van der Waals surface area contributed by atoms with E-state index in [1.54, 1.807) is 6.20 Å². The lowest BCUT2D eigenvalue weighted by atomic mass is 10.2. The van der Waals surface area contributed by atoms with Crippen LogP contribution in [-0.2, 0) is 15.8 Å². The third-order valence-electron chi connectivity index (χ3n) is 5.78. The molecule has 0 fully saturated rings. The molecule has 4 nitrogen and oxygen atoms in total. The third-order valence-corrected chi connectivity index (χ3v) is 10.8. The molecule has 5 heteroatoms. The Morgan fingerprint density at radius 2 is 1.38 bits per heavy atom. The summed E-state index contributed by atoms with van der Waals surface area (Å²) < 4.78 is 12.1. The van der Waals surface area contributed by atoms with E-state index < -0.39 is 14.4 Å². The number of hydrogen-bond acceptors (Lipinski definition) is 3. The summed E-state index contributed by atoms with van der Waals surface area (Å²) in [4.78, 5) is 11.9. The molecule has 1 amide bonds. The van der Waals surface area contributed by atoms with Gasteiger partial charge in [0.05, 0.1) is 0 Å². The highest BCUT2D eigenvalue weighted by Gasteiger charge is 2.49. The molecule has 0 bridgehead atoms. The maximum atomic E-state index is 11.9. The summed E-state index contributed by atoms with van der Waals surface area (Å²) in [6.45, 7) is 7.75. The second kappa shape index (κ2) is 12.3. The normalized spacial score (nSPS) is 12.0. The number of carbonyl (C=O) groups excluding carboxylic acids is 1. The molecule has 0 saturated heterocycles. The van der Waals surface area contributed by atoms with Crippen LogP contribution < -0.4 is 15.7 Å². The van der Waals surface area contributed by atoms with Crippen LogP contribution in [0, 0.1) is 0 Å². The van der Waals surface area contributed by atoms with Gasteiger partial charge in [0.25, 0.3) is 8.32 Å². The first-order valence-electron chi connectivity index (χ1n) is 11.8. The number of rotatable bonds is 10. The van der Waals surface area contributed by atoms with Crippen molar-refractivity contribution in [3.63, 3.8) is 0 Å². The fourth-order valence-electron chi connectivity index (χ4n) is 4.16. The quantitative estimate of drug-likeness (QED) is 0.300. The molecule has 0 heterocycles. The molecular weight excluding hydrogens is 438 g/mol. The van der Waals surface area contributed by atoms with Gasteiger partial charge in [0.1, 0.15) is 6.61 Å². The van der Waals surface area contributed by atoms with Gasteiger partial charge in [-0.05, 0) is 33.8 Å². The molecule has 3 rings (SSSR count). The van der Waals surface area contributed by atoms with Crippen molar-refractivity contribution in [1.29, 1.82) is 0 Å². The van der Waals surface area contributed by atoms with Crippen molar-refractivity contribution in [2.75, 3.05) is 6.61 Å². The fraction of sp³-hybridized carbons (Fsp3) is 0.276. The number of amides is 1. The fourth-order valence-corrected chi connectivity index (χ4v) is 8.77. The predicted molar refractivity (Wildman–Crippen MR) is 142 cm³/mol. The molecule has 0 atom stereocenters. The zero-order valence-corrected chi connectivity index (χ0v) is 21.4. The lowest BCUT2D eigenvalue weighted by molar-refractivity contribution is 0.143. The van der Waals surface area contributed by atoms with Crippen LogP contribution in [0.15, 0.2) is 103 Å². The first-order valence-corrected chi connectivity index (χ1v) is 13.7. The maximum absolute atomic E-state index is 11.9. The van der Waals surface area contributed by atoms with Gasteiger partial charge in [-0.25, -0.2) is 4.79 Å². The largest absolute Gasteiger partial charge is 0.444 e. The third kappa shape index (κ3) is 6.68. The summed E-state index contributed by atoms with van der Waals surface area (Å²) in [7, 11) is -2.49. The molecule has 0 aliphatic rings. The van der Waals surface area contributed by atoms with Crippen molar-refractivity contribution in [3.8, 4) is 0 Å². The van der Waals surface area contributed by atoms with Crippen LogP contribution in [0.4, 0.5) is 4.79 Å². The van der Waals surface area contributed by atoms with E-state index in [0.29, 0.717) is 6.61 Å². The average molecular weight is 474 g/mol. The highest BCUT2D eigenvalue weighted by molar-refractivity contribution is 6.99. The molecule has 1 N–H and O–H groups in total. The van der Waals surface area contributed by atoms with Gasteiger partial charge >= 0.3 is 6.09 Å². The lowest BCUT2D eigenvalue weighted by Crippen LogP contribution is -2.66. The van der Waals surface area contributed by atoms with E-state index in [1.165, 1.54) is 10.4 Å². The molecule has 0 aliphatic carbocycles. The summed E-state index contributed by atoms with van der Waals surface area (Å²) in [5, 5.41) is 5.20. The molecular formula is C29H35NO3Si. The van der Waals surface area contributed by atoms with E-state index >= 15 is 0 Å². The molecule has 34 heavy (non-hydrogen) atoms. The van der Waals surface area contributed by atoms with E-state index in [2.05, 4.69) is 86.8 Å². The Kier molecular flexibility index (Phi) is 9.25. The van der Waals surface area contributed by atoms with Gasteiger partial charge in [0.15, 0.2) is 0 Å². The first-order chi connectivity index (χ1) is 16.4. The molecule has 0 aliphatic heterocycles. The van der Waals surface area contributed by atoms with Crippen molar-refractivity contribution in [1.82, 2.24) is 5.32 Å². The van der Waals surface area contributed by atoms with Crippen molar-refractivity contribution in [2.24, 2.45) is 0 Å². The molecule has 0 saturated carbocycles. The predicted octanol–water partition coefficient (Wildman–Crippen LogP) is 5.78. The summed E-state index contributed by atoms with van der Waals surface area (Å²) in [5.74, 6) is 0. The highest BCUT2D eigenvalue weighted by atomic mass is 28.4. The number of carbonyl (C=O) groups is 1. The van der Waals surface area contributed by atoms with Gasteiger partial charge in [-0.2, -0.15) is 0 Å². The zero-order valence-electron chi connectivity index (χ0n) is 20.4. The van der Waals surface area contributed by atoms with Crippen molar-refractivity contribution < 1.29 is 14.0 Å². The molecule has 0 spiro atoms. The second-order valence-corrected chi connectivity index (χ2v) is 13.6. The van der Waals surface area contributed by atoms with E-state index in [0.717, 1.165) is 18.4 Å². The monoisotopic (exact) mass is 473 g/mol. The minimum absolute atomic E-state index is 0.0321. The molecule has 178 valence electrons. The Bertz CT molecular complexity index is 992. The number of ether oxygens (including phenoxy) is 1. The molecule has 0 unspecified atom stereocenters. The van der Waals surface area contributed by atoms with Crippen molar-refractivity contribution >= 4 is 24.8 Å². The van der Waals surface area contributed by atoms with Gasteiger partial charge in [0.2, 0.25) is 0 Å². The standard InChI is InChI=1S/C29H35NO3Si/c1-29(2,3)34(26-18-10-5-11-19-26,27-20-12-6-13-21-27)33-23-15-7-14-22-30-28(31)32-24-25-16-8-4-9-17-25/h4-6,8-14,16-22H,7,15,23-24H2,1-3H3,(H,30,31)/b22-14+. The SMILES string of the molecule is CC(C)(C)[Si](OCCC/C=C/NC(=O)OCc1ccccc1)(c1ccccc1)c1ccccc1. The summed E-state index contributed by atoms with van der Waals surface area (Å²) in [6.07, 6.45) is 4.80. The first kappa shape index (κ1) is 25.5. The number of nitrogens with one attached hydrogen (secondary N) is 1. The van der Waals surface area contributed by atoms with Crippen molar-refractivity contribution in [2.45, 2.75) is 45.3 Å². The average Bonchev–Trinajstić information content (AvgIpc) is 2.85. The topological polar surface area (TPSA) is 47.6 Å². The van der Waals surface area contributed by atoms with Gasteiger partial charge < -0.3 is 9.16 Å². The van der Waals surface area contributed by atoms with Crippen molar-refractivity contribution in [3.05, 3.63) is 109 Å². The second-order valence-electron chi connectivity index (χ2n) is 9.26. The van der Waals surface area contributed by atoms with Crippen LogP contribution in [0.25, 0.3) is 0 Å². The summed E-state index contributed by atoms with van der Waals surface area (Å²) >= 11 is 0. The highest BCUT2D eigenvalue weighted by Crippen LogP contribution is 2.36. The van der Waals surface area contributed by atoms with E-state index in [-0.39, 0.29) is 11.6 Å². The van der Waals surface area contributed by atoms with Crippen LogP contribution in [0.5, 0.6) is 0 Å². The molecule has 3 aromatic rings. The van der Waals surface area contributed by atoms with Crippen LogP contribution in [0.2, 0.25) is 5.04 Å². The maximum Gasteiger partial charge on any atom is 0.411 e. The number of alkyl carbamates (subject to hydrolysis) is 1. The van der Waals surface area contributed by atoms with Crippen LogP contribution in [0.1, 0.15) is 39.2 Å². The number of unbranched alkanes of at least 4 members (excludes halogenated alkanes) is 1. The van der Waals surface area contributed by atoms with Crippen LogP contribution in [-0.4, -0.2) is 21.0 Å². The molecule has 3 aromatic carbocycles. The number of allylic oxidation sites excluding steroid dienone is 1.